The Morgan fingerprint density at radius 1 is 1.18 bits per heavy atom. The fraction of sp³-hybridized carbons (Fsp3) is 0.571. The minimum atomic E-state index is -0.386. The zero-order chi connectivity index (χ0) is 12.5. The minimum Gasteiger partial charge on any atom is -0.344 e. The lowest BCUT2D eigenvalue weighted by Crippen LogP contribution is -2.28. The summed E-state index contributed by atoms with van der Waals surface area (Å²) in [6.07, 6.45) is 1.97. The molecule has 0 radical (unpaired) electrons. The van der Waals surface area contributed by atoms with E-state index in [1.165, 1.54) is 9.13 Å². The Morgan fingerprint density at radius 2 is 1.82 bits per heavy atom. The van der Waals surface area contributed by atoms with Gasteiger partial charge in [-0.1, -0.05) is 32.0 Å². The number of hydrogen-bond acceptors (Lipinski definition) is 2. The maximum Gasteiger partial charge on any atom is 0.169 e. The molecule has 0 bridgehead atoms. The van der Waals surface area contributed by atoms with Gasteiger partial charge in [-0.3, -0.25) is 0 Å². The summed E-state index contributed by atoms with van der Waals surface area (Å²) in [5.74, 6) is -0.386. The van der Waals surface area contributed by atoms with Gasteiger partial charge < -0.3 is 9.47 Å². The summed E-state index contributed by atoms with van der Waals surface area (Å²) >= 11 is 2.36. The third-order valence-electron chi connectivity index (χ3n) is 3.46. The minimum absolute atomic E-state index is 0.0583. The van der Waals surface area contributed by atoms with Crippen molar-refractivity contribution in [2.75, 3.05) is 0 Å². The van der Waals surface area contributed by atoms with Crippen LogP contribution >= 0.6 is 22.6 Å². The van der Waals surface area contributed by atoms with Crippen molar-refractivity contribution in [3.05, 3.63) is 33.4 Å². The Bertz CT molecular complexity index is 388. The van der Waals surface area contributed by atoms with Crippen molar-refractivity contribution in [1.82, 2.24) is 0 Å². The fourth-order valence-corrected chi connectivity index (χ4v) is 3.06. The number of hydrogen-bond donors (Lipinski definition) is 0. The van der Waals surface area contributed by atoms with E-state index in [0.29, 0.717) is 0 Å². The molecule has 1 aliphatic heterocycles. The van der Waals surface area contributed by atoms with Gasteiger partial charge in [-0.2, -0.15) is 0 Å². The molecule has 3 heteroatoms. The lowest BCUT2D eigenvalue weighted by atomic mass is 10.1. The molecule has 0 spiro atoms. The highest BCUT2D eigenvalue weighted by Crippen LogP contribution is 2.42. The van der Waals surface area contributed by atoms with Crippen LogP contribution in [-0.4, -0.2) is 11.9 Å². The molecule has 94 valence electrons. The first kappa shape index (κ1) is 13.3. The second-order valence-electron chi connectivity index (χ2n) is 4.50. The monoisotopic (exact) mass is 346 g/mol. The van der Waals surface area contributed by atoms with Gasteiger partial charge >= 0.3 is 0 Å². The lowest BCUT2D eigenvalue weighted by Gasteiger charge is -2.25. The smallest absolute Gasteiger partial charge is 0.169 e. The third kappa shape index (κ3) is 2.51. The van der Waals surface area contributed by atoms with E-state index in [2.05, 4.69) is 67.6 Å². The third-order valence-corrected chi connectivity index (χ3v) is 4.44. The molecule has 0 saturated carbocycles. The largest absolute Gasteiger partial charge is 0.344 e. The van der Waals surface area contributed by atoms with Gasteiger partial charge in [0, 0.05) is 3.57 Å². The van der Waals surface area contributed by atoms with Crippen molar-refractivity contribution in [3.63, 3.8) is 0 Å². The molecule has 1 aliphatic rings. The molecule has 0 aliphatic carbocycles. The summed E-state index contributed by atoms with van der Waals surface area (Å²) in [7, 11) is 0. The van der Waals surface area contributed by atoms with Crippen molar-refractivity contribution in [3.8, 4) is 0 Å². The molecule has 1 saturated heterocycles. The predicted molar refractivity (Wildman–Crippen MR) is 76.8 cm³/mol. The fourth-order valence-electron chi connectivity index (χ4n) is 2.36. The first-order valence-corrected chi connectivity index (χ1v) is 7.30. The van der Waals surface area contributed by atoms with Crippen LogP contribution in [0.1, 0.15) is 45.3 Å². The molecular weight excluding hydrogens is 327 g/mol. The molecule has 17 heavy (non-hydrogen) atoms. The first-order valence-electron chi connectivity index (χ1n) is 6.22. The zero-order valence-electron chi connectivity index (χ0n) is 10.6. The lowest BCUT2D eigenvalue weighted by molar-refractivity contribution is -0.178. The van der Waals surface area contributed by atoms with Gasteiger partial charge in [0.1, 0.15) is 6.10 Å². The van der Waals surface area contributed by atoms with Crippen LogP contribution in [-0.2, 0) is 9.47 Å². The summed E-state index contributed by atoms with van der Waals surface area (Å²) in [6.45, 7) is 6.34. The summed E-state index contributed by atoms with van der Waals surface area (Å²) in [4.78, 5) is 0. The molecule has 0 N–H and O–H groups in total. The highest BCUT2D eigenvalue weighted by atomic mass is 127. The van der Waals surface area contributed by atoms with Crippen LogP contribution in [0.25, 0.3) is 0 Å². The maximum absolute atomic E-state index is 6.20. The highest BCUT2D eigenvalue weighted by Gasteiger charge is 2.44. The molecule has 0 unspecified atom stereocenters. The Labute approximate surface area is 117 Å². The molecule has 1 heterocycles. The molecule has 0 aromatic heterocycles. The van der Waals surface area contributed by atoms with Gasteiger partial charge in [-0.05, 0) is 54.0 Å². The predicted octanol–water partition coefficient (Wildman–Crippen LogP) is 4.28. The normalized spacial score (nSPS) is 27.3. The van der Waals surface area contributed by atoms with Gasteiger partial charge in [0.15, 0.2) is 5.79 Å². The van der Waals surface area contributed by atoms with E-state index in [4.69, 9.17) is 9.47 Å². The van der Waals surface area contributed by atoms with Crippen molar-refractivity contribution in [1.29, 1.82) is 0 Å². The zero-order valence-corrected chi connectivity index (χ0v) is 12.7. The first-order chi connectivity index (χ1) is 8.12. The summed E-state index contributed by atoms with van der Waals surface area (Å²) in [6, 6.07) is 8.36. The van der Waals surface area contributed by atoms with Gasteiger partial charge in [0.05, 0.1) is 6.10 Å². The van der Waals surface area contributed by atoms with Crippen LogP contribution in [0, 0.1) is 3.57 Å². The molecular formula is C14H19IO2. The second kappa shape index (κ2) is 5.24. The van der Waals surface area contributed by atoms with Gasteiger partial charge in [-0.15, -0.1) is 0 Å². The number of benzene rings is 1. The average Bonchev–Trinajstić information content (AvgIpc) is 2.68. The second-order valence-corrected chi connectivity index (χ2v) is 5.66. The molecule has 2 atom stereocenters. The van der Waals surface area contributed by atoms with Crippen LogP contribution in [0.15, 0.2) is 24.3 Å². The van der Waals surface area contributed by atoms with Crippen molar-refractivity contribution in [2.24, 2.45) is 0 Å². The van der Waals surface area contributed by atoms with E-state index < -0.39 is 0 Å². The van der Waals surface area contributed by atoms with Crippen LogP contribution in [0.5, 0.6) is 0 Å². The molecule has 1 fully saturated rings. The Hall–Kier alpha value is -0.130. The van der Waals surface area contributed by atoms with E-state index in [1.807, 2.05) is 0 Å². The van der Waals surface area contributed by atoms with E-state index in [0.717, 1.165) is 12.8 Å². The van der Waals surface area contributed by atoms with E-state index in [-0.39, 0.29) is 18.0 Å². The molecule has 2 nitrogen and oxygen atoms in total. The average molecular weight is 346 g/mol. The number of rotatable bonds is 3. The maximum atomic E-state index is 6.20. The van der Waals surface area contributed by atoms with Crippen LogP contribution in [0.2, 0.25) is 0 Å². The number of halogens is 1. The summed E-state index contributed by atoms with van der Waals surface area (Å²) in [5, 5.41) is 0. The van der Waals surface area contributed by atoms with Crippen molar-refractivity contribution in [2.45, 2.75) is 51.6 Å². The molecule has 1 aromatic rings. The van der Waals surface area contributed by atoms with Crippen molar-refractivity contribution >= 4 is 22.6 Å². The van der Waals surface area contributed by atoms with E-state index in [9.17, 15) is 0 Å². The highest BCUT2D eigenvalue weighted by molar-refractivity contribution is 14.1. The summed E-state index contributed by atoms with van der Waals surface area (Å²) < 4.78 is 13.5. The van der Waals surface area contributed by atoms with Crippen LogP contribution in [0.3, 0.4) is 0 Å². The Kier molecular flexibility index (Phi) is 4.10. The van der Waals surface area contributed by atoms with Gasteiger partial charge in [0.25, 0.3) is 0 Å². The topological polar surface area (TPSA) is 18.5 Å². The van der Waals surface area contributed by atoms with Gasteiger partial charge in [0.2, 0.25) is 0 Å². The summed E-state index contributed by atoms with van der Waals surface area (Å²) in [5.41, 5.74) is 1.24. The Balaban J connectivity index is 2.27. The quantitative estimate of drug-likeness (QED) is 0.761. The van der Waals surface area contributed by atoms with E-state index >= 15 is 0 Å². The molecule has 0 amide bonds. The van der Waals surface area contributed by atoms with Gasteiger partial charge in [-0.25, -0.2) is 0 Å². The standard InChI is InChI=1S/C14H19IO2/c1-4-14(5-2)16-10(3)13(17-14)11-8-6-7-9-12(11)15/h6-10,13H,4-5H2,1-3H3/t10-,13-/m0/s1. The van der Waals surface area contributed by atoms with Crippen LogP contribution in [0.4, 0.5) is 0 Å². The Morgan fingerprint density at radius 3 is 2.35 bits per heavy atom. The number of ether oxygens (including phenoxy) is 2. The molecule has 1 aromatic carbocycles. The van der Waals surface area contributed by atoms with Crippen molar-refractivity contribution < 1.29 is 9.47 Å². The van der Waals surface area contributed by atoms with Crippen LogP contribution < -0.4 is 0 Å². The molecule has 2 rings (SSSR count). The van der Waals surface area contributed by atoms with E-state index in [1.54, 1.807) is 0 Å². The SMILES string of the molecule is CCC1(CC)O[C@@H](C)[C@@H](c2ccccc2I)O1.